The molecule has 2 amide bonds. The number of urea groups is 1. The van der Waals surface area contributed by atoms with Crippen LogP contribution >= 0.6 is 0 Å². The van der Waals surface area contributed by atoms with E-state index in [-0.39, 0.29) is 12.6 Å². The fourth-order valence-corrected chi connectivity index (χ4v) is 3.97. The van der Waals surface area contributed by atoms with Gasteiger partial charge in [0.2, 0.25) is 0 Å². The van der Waals surface area contributed by atoms with Crippen LogP contribution in [0.2, 0.25) is 0 Å². The summed E-state index contributed by atoms with van der Waals surface area (Å²) in [5.41, 5.74) is 1.90. The molecule has 7 heteroatoms. The van der Waals surface area contributed by atoms with Gasteiger partial charge in [-0.25, -0.2) is 9.59 Å². The Morgan fingerprint density at radius 2 is 1.93 bits per heavy atom. The molecule has 1 aromatic rings. The largest absolute Gasteiger partial charge is 0.496 e. The number of carbonyl (C=O) groups is 2. The van der Waals surface area contributed by atoms with Gasteiger partial charge in [0, 0.05) is 24.9 Å². The molecule has 2 aliphatic rings. The maximum Gasteiger partial charge on any atom is 0.338 e. The van der Waals surface area contributed by atoms with E-state index >= 15 is 0 Å². The predicted octanol–water partition coefficient (Wildman–Crippen LogP) is 2.94. The average molecular weight is 402 g/mol. The molecule has 0 aliphatic carbocycles. The van der Waals surface area contributed by atoms with Crippen LogP contribution in [0.5, 0.6) is 5.75 Å². The predicted molar refractivity (Wildman–Crippen MR) is 111 cm³/mol. The molecule has 1 aromatic carbocycles. The number of rotatable bonds is 6. The standard InChI is InChI=1S/C22H31N3O4/c1-5-29-21(26)19-17(14-25-12-10-15(2)11-13-25)24(3)22(27)23-20(19)16-8-6-7-9-18(16)28-4/h6-9,15,20H,5,10-14H2,1-4H3,(H,23,27). The van der Waals surface area contributed by atoms with E-state index in [0.29, 0.717) is 29.5 Å². The SMILES string of the molecule is CCOC(=O)C1=C(CN2CCC(C)CC2)N(C)C(=O)NC1c1ccccc1OC. The van der Waals surface area contributed by atoms with Gasteiger partial charge >= 0.3 is 12.0 Å². The molecule has 2 heterocycles. The van der Waals surface area contributed by atoms with Crippen molar-refractivity contribution >= 4 is 12.0 Å². The lowest BCUT2D eigenvalue weighted by Gasteiger charge is -2.38. The highest BCUT2D eigenvalue weighted by Crippen LogP contribution is 2.36. The number of nitrogens with one attached hydrogen (secondary N) is 1. The molecule has 0 radical (unpaired) electrons. The summed E-state index contributed by atoms with van der Waals surface area (Å²) in [5, 5.41) is 2.95. The number of likely N-dealkylation sites (N-methyl/N-ethyl adjacent to an activating group) is 1. The van der Waals surface area contributed by atoms with E-state index in [0.717, 1.165) is 31.5 Å². The maximum absolute atomic E-state index is 13.0. The first-order valence-electron chi connectivity index (χ1n) is 10.3. The molecule has 1 fully saturated rings. The molecule has 1 N–H and O–H groups in total. The first kappa shape index (κ1) is 21.2. The summed E-state index contributed by atoms with van der Waals surface area (Å²) in [6.07, 6.45) is 2.24. The van der Waals surface area contributed by atoms with E-state index in [1.165, 1.54) is 4.90 Å². The van der Waals surface area contributed by atoms with Crippen molar-refractivity contribution in [1.29, 1.82) is 0 Å². The zero-order chi connectivity index (χ0) is 21.0. The summed E-state index contributed by atoms with van der Waals surface area (Å²) in [5.74, 6) is 0.921. The summed E-state index contributed by atoms with van der Waals surface area (Å²) >= 11 is 0. The number of hydrogen-bond acceptors (Lipinski definition) is 5. The highest BCUT2D eigenvalue weighted by Gasteiger charge is 2.38. The van der Waals surface area contributed by atoms with Gasteiger partial charge in [-0.1, -0.05) is 25.1 Å². The van der Waals surface area contributed by atoms with Crippen molar-refractivity contribution in [3.63, 3.8) is 0 Å². The molecule has 3 rings (SSSR count). The Labute approximate surface area is 172 Å². The second-order valence-corrected chi connectivity index (χ2v) is 7.72. The number of piperidine rings is 1. The number of benzene rings is 1. The number of para-hydroxylation sites is 1. The Balaban J connectivity index is 2.05. The van der Waals surface area contributed by atoms with Crippen LogP contribution in [0, 0.1) is 5.92 Å². The van der Waals surface area contributed by atoms with Crippen molar-refractivity contribution in [2.24, 2.45) is 5.92 Å². The van der Waals surface area contributed by atoms with Gasteiger partial charge in [-0.3, -0.25) is 9.80 Å². The molecule has 0 bridgehead atoms. The monoisotopic (exact) mass is 401 g/mol. The number of carbonyl (C=O) groups excluding carboxylic acids is 2. The molecule has 0 saturated carbocycles. The Hall–Kier alpha value is -2.54. The molecule has 1 atom stereocenters. The van der Waals surface area contributed by atoms with Crippen LogP contribution in [0.4, 0.5) is 4.79 Å². The molecular formula is C22H31N3O4. The number of nitrogens with zero attached hydrogens (tertiary/aromatic N) is 2. The van der Waals surface area contributed by atoms with Gasteiger partial charge < -0.3 is 14.8 Å². The van der Waals surface area contributed by atoms with Gasteiger partial charge in [0.15, 0.2) is 0 Å². The van der Waals surface area contributed by atoms with Crippen molar-refractivity contribution in [3.8, 4) is 5.75 Å². The van der Waals surface area contributed by atoms with Crippen molar-refractivity contribution in [3.05, 3.63) is 41.1 Å². The topological polar surface area (TPSA) is 71.1 Å². The lowest BCUT2D eigenvalue weighted by atomic mass is 9.93. The Morgan fingerprint density at radius 3 is 2.59 bits per heavy atom. The van der Waals surface area contributed by atoms with E-state index in [9.17, 15) is 9.59 Å². The van der Waals surface area contributed by atoms with Crippen LogP contribution in [-0.2, 0) is 9.53 Å². The first-order valence-corrected chi connectivity index (χ1v) is 10.3. The lowest BCUT2D eigenvalue weighted by molar-refractivity contribution is -0.139. The Morgan fingerprint density at radius 1 is 1.24 bits per heavy atom. The van der Waals surface area contributed by atoms with Gasteiger partial charge in [-0.05, 0) is 44.8 Å². The fourth-order valence-electron chi connectivity index (χ4n) is 3.97. The summed E-state index contributed by atoms with van der Waals surface area (Å²) in [7, 11) is 3.29. The molecule has 29 heavy (non-hydrogen) atoms. The minimum atomic E-state index is -0.618. The molecule has 0 spiro atoms. The molecule has 2 aliphatic heterocycles. The fraction of sp³-hybridized carbons (Fsp3) is 0.545. The van der Waals surface area contributed by atoms with Gasteiger partial charge in [0.1, 0.15) is 5.75 Å². The molecule has 0 aromatic heterocycles. The van der Waals surface area contributed by atoms with E-state index in [1.807, 2.05) is 24.3 Å². The zero-order valence-corrected chi connectivity index (χ0v) is 17.7. The first-order chi connectivity index (χ1) is 14.0. The third kappa shape index (κ3) is 4.56. The van der Waals surface area contributed by atoms with E-state index in [4.69, 9.17) is 9.47 Å². The van der Waals surface area contributed by atoms with E-state index < -0.39 is 12.0 Å². The normalized spacial score (nSPS) is 21.2. The number of hydrogen-bond donors (Lipinski definition) is 1. The maximum atomic E-state index is 13.0. The van der Waals surface area contributed by atoms with Gasteiger partial charge in [0.05, 0.1) is 25.3 Å². The summed E-state index contributed by atoms with van der Waals surface area (Å²) < 4.78 is 10.9. The van der Waals surface area contributed by atoms with Crippen LogP contribution < -0.4 is 10.1 Å². The van der Waals surface area contributed by atoms with Crippen molar-refractivity contribution in [1.82, 2.24) is 15.1 Å². The van der Waals surface area contributed by atoms with Crippen LogP contribution in [0.3, 0.4) is 0 Å². The summed E-state index contributed by atoms with van der Waals surface area (Å²) in [4.78, 5) is 29.6. The van der Waals surface area contributed by atoms with Gasteiger partial charge in [-0.15, -0.1) is 0 Å². The van der Waals surface area contributed by atoms with Crippen molar-refractivity contribution in [2.45, 2.75) is 32.7 Å². The molecule has 7 nitrogen and oxygen atoms in total. The number of amides is 2. The van der Waals surface area contributed by atoms with Crippen LogP contribution in [0.1, 0.15) is 38.3 Å². The Kier molecular flexibility index (Phi) is 6.79. The molecular weight excluding hydrogens is 370 g/mol. The minimum absolute atomic E-state index is 0.241. The van der Waals surface area contributed by atoms with Crippen LogP contribution in [0.25, 0.3) is 0 Å². The van der Waals surface area contributed by atoms with E-state index in [2.05, 4.69) is 17.1 Å². The number of likely N-dealkylation sites (tertiary alicyclic amines) is 1. The third-order valence-electron chi connectivity index (χ3n) is 5.77. The quantitative estimate of drug-likeness (QED) is 0.742. The van der Waals surface area contributed by atoms with Gasteiger partial charge in [0.25, 0.3) is 0 Å². The second-order valence-electron chi connectivity index (χ2n) is 7.72. The minimum Gasteiger partial charge on any atom is -0.496 e. The second kappa shape index (κ2) is 9.31. The van der Waals surface area contributed by atoms with Crippen LogP contribution in [-0.4, -0.2) is 62.2 Å². The number of methoxy groups -OCH3 is 1. The lowest BCUT2D eigenvalue weighted by Crippen LogP contribution is -2.50. The highest BCUT2D eigenvalue weighted by atomic mass is 16.5. The molecule has 158 valence electrons. The van der Waals surface area contributed by atoms with Crippen LogP contribution in [0.15, 0.2) is 35.5 Å². The summed E-state index contributed by atoms with van der Waals surface area (Å²) in [6, 6.07) is 6.57. The smallest absolute Gasteiger partial charge is 0.338 e. The van der Waals surface area contributed by atoms with Gasteiger partial charge in [-0.2, -0.15) is 0 Å². The Bertz CT molecular complexity index is 784. The number of ether oxygens (including phenoxy) is 2. The number of esters is 1. The third-order valence-corrected chi connectivity index (χ3v) is 5.77. The molecule has 1 saturated heterocycles. The highest BCUT2D eigenvalue weighted by molar-refractivity contribution is 5.95. The van der Waals surface area contributed by atoms with E-state index in [1.54, 1.807) is 21.1 Å². The average Bonchev–Trinajstić information content (AvgIpc) is 2.72. The van der Waals surface area contributed by atoms with Crippen molar-refractivity contribution < 1.29 is 19.1 Å². The summed E-state index contributed by atoms with van der Waals surface area (Å²) in [6.45, 7) is 6.76. The molecule has 1 unspecified atom stereocenters. The zero-order valence-electron chi connectivity index (χ0n) is 17.7. The van der Waals surface area contributed by atoms with Crippen molar-refractivity contribution in [2.75, 3.05) is 40.4 Å².